The maximum Gasteiger partial charge on any atom is 0.169 e. The smallest absolute Gasteiger partial charge is 0.169 e. The van der Waals surface area contributed by atoms with Gasteiger partial charge in [-0.05, 0) is 41.8 Å². The first-order valence-corrected chi connectivity index (χ1v) is 5.54. The highest BCUT2D eigenvalue weighted by Crippen LogP contribution is 2.53. The normalized spacial score (nSPS) is 28.9. The van der Waals surface area contributed by atoms with E-state index in [1.54, 1.807) is 0 Å². The molecule has 13 heavy (non-hydrogen) atoms. The van der Waals surface area contributed by atoms with Gasteiger partial charge in [-0.25, -0.2) is 0 Å². The Labute approximate surface area is 85.8 Å². The Bertz CT molecular complexity index is 354. The van der Waals surface area contributed by atoms with Crippen LogP contribution in [0.15, 0.2) is 15.2 Å². The van der Waals surface area contributed by atoms with Gasteiger partial charge in [0.15, 0.2) is 4.67 Å². The molecule has 1 aromatic heterocycles. The second kappa shape index (κ2) is 2.39. The summed E-state index contributed by atoms with van der Waals surface area (Å²) >= 11 is 3.40. The van der Waals surface area contributed by atoms with Gasteiger partial charge in [-0.1, -0.05) is 0 Å². The summed E-state index contributed by atoms with van der Waals surface area (Å²) in [6, 6.07) is 2.54. The van der Waals surface area contributed by atoms with E-state index in [0.717, 1.165) is 11.2 Å². The summed E-state index contributed by atoms with van der Waals surface area (Å²) < 4.78 is 6.61. The molecule has 3 rings (SSSR count). The van der Waals surface area contributed by atoms with Gasteiger partial charge < -0.3 is 9.73 Å². The molecule has 1 N–H and O–H groups in total. The van der Waals surface area contributed by atoms with E-state index in [-0.39, 0.29) is 0 Å². The van der Waals surface area contributed by atoms with Crippen LogP contribution in [0.4, 0.5) is 0 Å². The van der Waals surface area contributed by atoms with Gasteiger partial charge >= 0.3 is 0 Å². The average molecular weight is 242 g/mol. The van der Waals surface area contributed by atoms with Gasteiger partial charge in [0.25, 0.3) is 0 Å². The Kier molecular flexibility index (Phi) is 1.48. The second-order valence-corrected chi connectivity index (χ2v) is 5.00. The van der Waals surface area contributed by atoms with E-state index in [4.69, 9.17) is 4.42 Å². The van der Waals surface area contributed by atoms with Crippen molar-refractivity contribution in [1.82, 2.24) is 5.32 Å². The summed E-state index contributed by atoms with van der Waals surface area (Å²) in [6.45, 7) is 3.27. The molecule has 70 valence electrons. The zero-order valence-corrected chi connectivity index (χ0v) is 9.15. The number of hydrogen-bond donors (Lipinski definition) is 1. The fourth-order valence-corrected chi connectivity index (χ4v) is 2.61. The lowest BCUT2D eigenvalue weighted by molar-refractivity contribution is 0.371. The van der Waals surface area contributed by atoms with Gasteiger partial charge in [-0.2, -0.15) is 0 Å². The fourth-order valence-electron chi connectivity index (χ4n) is 2.20. The molecule has 1 aliphatic carbocycles. The molecule has 0 bridgehead atoms. The first-order chi connectivity index (χ1) is 6.21. The number of fused-ring (bicyclic) bond motifs is 2. The molecule has 2 heterocycles. The summed E-state index contributed by atoms with van der Waals surface area (Å²) in [7, 11) is 0. The first kappa shape index (κ1) is 8.06. The monoisotopic (exact) mass is 241 g/mol. The van der Waals surface area contributed by atoms with Crippen molar-refractivity contribution in [3.63, 3.8) is 0 Å². The largest absolute Gasteiger partial charge is 0.453 e. The number of rotatable bonds is 0. The van der Waals surface area contributed by atoms with Crippen molar-refractivity contribution in [2.45, 2.75) is 31.2 Å². The maximum absolute atomic E-state index is 5.73. The molecule has 1 fully saturated rings. The Hall–Kier alpha value is -0.280. The molecule has 1 aliphatic heterocycles. The lowest BCUT2D eigenvalue weighted by Crippen LogP contribution is -2.35. The molecule has 1 unspecified atom stereocenters. The molecular formula is C10H12BrNO. The topological polar surface area (TPSA) is 25.2 Å². The quantitative estimate of drug-likeness (QED) is 0.756. The molecule has 2 nitrogen and oxygen atoms in total. The summed E-state index contributed by atoms with van der Waals surface area (Å²) in [5.74, 6) is 1.23. The fraction of sp³-hybridized carbons (Fsp3) is 0.600. The minimum absolute atomic E-state index is 0.355. The van der Waals surface area contributed by atoms with Crippen molar-refractivity contribution in [1.29, 1.82) is 0 Å². The molecule has 0 amide bonds. The molecule has 2 aliphatic rings. The first-order valence-electron chi connectivity index (χ1n) is 4.74. The zero-order valence-electron chi connectivity index (χ0n) is 7.56. The van der Waals surface area contributed by atoms with Crippen LogP contribution in [-0.2, 0) is 5.41 Å². The Morgan fingerprint density at radius 1 is 1.62 bits per heavy atom. The maximum atomic E-state index is 5.73. The highest BCUT2D eigenvalue weighted by atomic mass is 79.9. The summed E-state index contributed by atoms with van der Waals surface area (Å²) in [5.41, 5.74) is 1.70. The van der Waals surface area contributed by atoms with Crippen molar-refractivity contribution >= 4 is 15.9 Å². The molecule has 1 atom stereocenters. The minimum Gasteiger partial charge on any atom is -0.453 e. The van der Waals surface area contributed by atoms with Crippen molar-refractivity contribution < 1.29 is 4.42 Å². The van der Waals surface area contributed by atoms with Crippen LogP contribution in [0.5, 0.6) is 0 Å². The highest BCUT2D eigenvalue weighted by Gasteiger charge is 2.51. The van der Waals surface area contributed by atoms with Crippen molar-refractivity contribution in [3.05, 3.63) is 22.1 Å². The number of halogens is 1. The molecule has 0 radical (unpaired) electrons. The molecule has 1 aromatic rings. The standard InChI is InChI=1S/C10H12BrNO/c1-6-7-4-8(11)13-9(7)10(2-3-10)5-12-6/h4,6,12H,2-3,5H2,1H3. The number of furan rings is 1. The third kappa shape index (κ3) is 1.03. The van der Waals surface area contributed by atoms with Crippen LogP contribution in [-0.4, -0.2) is 6.54 Å². The highest BCUT2D eigenvalue weighted by molar-refractivity contribution is 9.10. The van der Waals surface area contributed by atoms with Gasteiger partial charge in [0.2, 0.25) is 0 Å². The Morgan fingerprint density at radius 2 is 2.38 bits per heavy atom. The van der Waals surface area contributed by atoms with Crippen molar-refractivity contribution in [2.75, 3.05) is 6.54 Å². The van der Waals surface area contributed by atoms with E-state index in [9.17, 15) is 0 Å². The van der Waals surface area contributed by atoms with Crippen LogP contribution >= 0.6 is 15.9 Å². The van der Waals surface area contributed by atoms with Crippen LogP contribution < -0.4 is 5.32 Å². The van der Waals surface area contributed by atoms with Crippen LogP contribution in [0, 0.1) is 0 Å². The molecule has 0 saturated heterocycles. The van der Waals surface area contributed by atoms with E-state index < -0.39 is 0 Å². The number of nitrogens with one attached hydrogen (secondary N) is 1. The van der Waals surface area contributed by atoms with E-state index in [2.05, 4.69) is 34.2 Å². The summed E-state index contributed by atoms with van der Waals surface area (Å²) in [5, 5.41) is 3.52. The zero-order chi connectivity index (χ0) is 9.05. The molecule has 0 aromatic carbocycles. The minimum atomic E-state index is 0.355. The van der Waals surface area contributed by atoms with Gasteiger partial charge in [0.05, 0.1) is 0 Å². The lowest BCUT2D eigenvalue weighted by Gasteiger charge is -2.26. The predicted octanol–water partition coefficient (Wildman–Crippen LogP) is 2.74. The van der Waals surface area contributed by atoms with Gasteiger partial charge in [-0.3, -0.25) is 0 Å². The molecule has 1 spiro atoms. The molecule has 3 heteroatoms. The Morgan fingerprint density at radius 3 is 3.08 bits per heavy atom. The summed E-state index contributed by atoms with van der Waals surface area (Å²) in [6.07, 6.45) is 2.55. The predicted molar refractivity (Wildman–Crippen MR) is 53.7 cm³/mol. The van der Waals surface area contributed by atoms with E-state index in [0.29, 0.717) is 11.5 Å². The van der Waals surface area contributed by atoms with E-state index >= 15 is 0 Å². The van der Waals surface area contributed by atoms with Crippen molar-refractivity contribution in [3.8, 4) is 0 Å². The van der Waals surface area contributed by atoms with E-state index in [1.807, 2.05) is 0 Å². The third-order valence-corrected chi connectivity index (χ3v) is 3.67. The van der Waals surface area contributed by atoms with Gasteiger partial charge in [-0.15, -0.1) is 0 Å². The van der Waals surface area contributed by atoms with Gasteiger partial charge in [0, 0.05) is 23.6 Å². The molecular weight excluding hydrogens is 230 g/mol. The van der Waals surface area contributed by atoms with Crippen LogP contribution in [0.1, 0.15) is 37.1 Å². The van der Waals surface area contributed by atoms with Gasteiger partial charge in [0.1, 0.15) is 5.76 Å². The summed E-state index contributed by atoms with van der Waals surface area (Å²) in [4.78, 5) is 0. The second-order valence-electron chi connectivity index (χ2n) is 4.22. The van der Waals surface area contributed by atoms with Crippen LogP contribution in [0.2, 0.25) is 0 Å². The van der Waals surface area contributed by atoms with Crippen LogP contribution in [0.25, 0.3) is 0 Å². The Balaban J connectivity index is 2.16. The van der Waals surface area contributed by atoms with E-state index in [1.165, 1.54) is 24.2 Å². The van der Waals surface area contributed by atoms with Crippen molar-refractivity contribution in [2.24, 2.45) is 0 Å². The lowest BCUT2D eigenvalue weighted by atomic mass is 9.92. The third-order valence-electron chi connectivity index (χ3n) is 3.28. The number of hydrogen-bond acceptors (Lipinski definition) is 2. The SMILES string of the molecule is CC1NCC2(CC2)c2oc(Br)cc21. The average Bonchev–Trinajstić information content (AvgIpc) is 2.76. The van der Waals surface area contributed by atoms with Crippen LogP contribution in [0.3, 0.4) is 0 Å². The molecule has 1 saturated carbocycles.